The van der Waals surface area contributed by atoms with Crippen LogP contribution in [0.15, 0.2) is 23.4 Å². The molecule has 1 aromatic heterocycles. The summed E-state index contributed by atoms with van der Waals surface area (Å²) < 4.78 is 10.4. The molecule has 0 aliphatic rings. The first-order valence-electron chi connectivity index (χ1n) is 7.35. The molecule has 0 unspecified atom stereocenters. The highest BCUT2D eigenvalue weighted by atomic mass is 32.2. The van der Waals surface area contributed by atoms with Gasteiger partial charge in [0.25, 0.3) is 0 Å². The molecule has 5 N–H and O–H groups in total. The molecule has 0 bridgehead atoms. The average molecular weight is 364 g/mol. The van der Waals surface area contributed by atoms with Gasteiger partial charge in [-0.25, -0.2) is 0 Å². The number of ether oxygens (including phenoxy) is 2. The lowest BCUT2D eigenvalue weighted by molar-refractivity contribution is -0.120. The van der Waals surface area contributed by atoms with E-state index in [1.54, 1.807) is 27.2 Å². The van der Waals surface area contributed by atoms with Crippen LogP contribution in [0.3, 0.4) is 0 Å². The molecule has 9 nitrogen and oxygen atoms in total. The van der Waals surface area contributed by atoms with Gasteiger partial charge < -0.3 is 26.3 Å². The summed E-state index contributed by atoms with van der Waals surface area (Å²) in [5.41, 5.74) is 11.9. The van der Waals surface area contributed by atoms with Crippen LogP contribution in [0.2, 0.25) is 0 Å². The van der Waals surface area contributed by atoms with Crippen molar-refractivity contribution < 1.29 is 14.3 Å². The molecule has 0 aliphatic carbocycles. The van der Waals surface area contributed by atoms with E-state index in [0.29, 0.717) is 23.2 Å². The summed E-state index contributed by atoms with van der Waals surface area (Å²) in [6, 6.07) is 5.45. The number of hydrogen-bond acceptors (Lipinski definition) is 9. The summed E-state index contributed by atoms with van der Waals surface area (Å²) in [6.07, 6.45) is 0. The van der Waals surface area contributed by atoms with Gasteiger partial charge in [-0.1, -0.05) is 17.8 Å². The van der Waals surface area contributed by atoms with Crippen LogP contribution in [0, 0.1) is 0 Å². The summed E-state index contributed by atoms with van der Waals surface area (Å²) in [4.78, 5) is 23.8. The zero-order valence-corrected chi connectivity index (χ0v) is 15.0. The lowest BCUT2D eigenvalue weighted by Crippen LogP contribution is -2.30. The van der Waals surface area contributed by atoms with Gasteiger partial charge >= 0.3 is 0 Å². The van der Waals surface area contributed by atoms with Crippen molar-refractivity contribution >= 4 is 29.6 Å². The van der Waals surface area contributed by atoms with Crippen LogP contribution in [-0.4, -0.2) is 40.3 Å². The van der Waals surface area contributed by atoms with E-state index in [2.05, 4.69) is 20.3 Å². The van der Waals surface area contributed by atoms with E-state index in [0.717, 1.165) is 17.3 Å². The fraction of sp³-hybridized carbons (Fsp3) is 0.333. The van der Waals surface area contributed by atoms with E-state index in [4.69, 9.17) is 20.9 Å². The molecule has 25 heavy (non-hydrogen) atoms. The summed E-state index contributed by atoms with van der Waals surface area (Å²) in [7, 11) is 3.13. The fourth-order valence-corrected chi connectivity index (χ4v) is 2.78. The number of carbonyl (C=O) groups is 1. The van der Waals surface area contributed by atoms with Gasteiger partial charge in [0, 0.05) is 6.54 Å². The molecule has 0 aliphatic heterocycles. The van der Waals surface area contributed by atoms with Crippen LogP contribution in [0.4, 0.5) is 11.9 Å². The number of amides is 1. The van der Waals surface area contributed by atoms with Gasteiger partial charge in [-0.15, -0.1) is 0 Å². The smallest absolute Gasteiger partial charge is 0.233 e. The summed E-state index contributed by atoms with van der Waals surface area (Å²) in [5.74, 6) is 1.11. The monoisotopic (exact) mass is 364 g/mol. The van der Waals surface area contributed by atoms with Gasteiger partial charge in [0.1, 0.15) is 0 Å². The van der Waals surface area contributed by atoms with Crippen LogP contribution in [0.5, 0.6) is 11.5 Å². The molecule has 0 spiro atoms. The van der Waals surface area contributed by atoms with Crippen LogP contribution in [0.1, 0.15) is 12.5 Å². The number of anilines is 2. The Morgan fingerprint density at radius 3 is 2.40 bits per heavy atom. The minimum atomic E-state index is -0.429. The Labute approximate surface area is 149 Å². The van der Waals surface area contributed by atoms with Crippen molar-refractivity contribution in [2.45, 2.75) is 23.9 Å². The first kappa shape index (κ1) is 18.6. The van der Waals surface area contributed by atoms with Gasteiger partial charge in [-0.3, -0.25) is 4.79 Å². The van der Waals surface area contributed by atoms with E-state index in [1.807, 2.05) is 12.1 Å². The van der Waals surface area contributed by atoms with Crippen LogP contribution in [-0.2, 0) is 11.3 Å². The number of nitrogens with two attached hydrogens (primary N) is 2. The molecule has 10 heteroatoms. The Bertz CT molecular complexity index is 738. The van der Waals surface area contributed by atoms with E-state index in [9.17, 15) is 4.79 Å². The molecule has 1 amide bonds. The van der Waals surface area contributed by atoms with Crippen LogP contribution >= 0.6 is 11.8 Å². The Hall–Kier alpha value is -2.75. The van der Waals surface area contributed by atoms with E-state index in [1.165, 1.54) is 0 Å². The van der Waals surface area contributed by atoms with Crippen molar-refractivity contribution in [3.05, 3.63) is 23.8 Å². The van der Waals surface area contributed by atoms with Crippen molar-refractivity contribution in [3.63, 3.8) is 0 Å². The topological polar surface area (TPSA) is 138 Å². The van der Waals surface area contributed by atoms with E-state index in [-0.39, 0.29) is 17.8 Å². The molecule has 0 saturated heterocycles. The molecular weight excluding hydrogens is 344 g/mol. The summed E-state index contributed by atoms with van der Waals surface area (Å²) in [5, 5.41) is 2.72. The maximum atomic E-state index is 12.2. The zero-order chi connectivity index (χ0) is 18.4. The number of carbonyl (C=O) groups excluding carboxylic acids is 1. The molecule has 2 aromatic rings. The second kappa shape index (κ2) is 8.38. The third kappa shape index (κ3) is 5.11. The fourth-order valence-electron chi connectivity index (χ4n) is 1.98. The van der Waals surface area contributed by atoms with Gasteiger partial charge in [0.05, 0.1) is 19.5 Å². The maximum Gasteiger partial charge on any atom is 0.233 e. The maximum absolute atomic E-state index is 12.2. The number of thioether (sulfide) groups is 1. The number of nitrogens with one attached hydrogen (secondary N) is 1. The quantitative estimate of drug-likeness (QED) is 0.610. The SMILES string of the molecule is COc1ccc(CNC(=O)[C@H](C)Sc2nc(N)nc(N)n2)cc1OC. The first-order chi connectivity index (χ1) is 11.9. The van der Waals surface area contributed by atoms with Crippen LogP contribution < -0.4 is 26.3 Å². The lowest BCUT2D eigenvalue weighted by atomic mass is 10.2. The standard InChI is InChI=1S/C15H20N6O3S/c1-8(25-15-20-13(16)19-14(17)21-15)12(22)18-7-9-4-5-10(23-2)11(6-9)24-3/h4-6,8H,7H2,1-3H3,(H,18,22)(H4,16,17,19,20,21)/t8-/m0/s1. The molecular formula is C15H20N6O3S. The molecule has 0 fully saturated rings. The van der Waals surface area contributed by atoms with Crippen molar-refractivity contribution in [3.8, 4) is 11.5 Å². The second-order valence-electron chi connectivity index (χ2n) is 5.00. The third-order valence-electron chi connectivity index (χ3n) is 3.22. The summed E-state index contributed by atoms with van der Waals surface area (Å²) >= 11 is 1.15. The highest BCUT2D eigenvalue weighted by Gasteiger charge is 2.17. The van der Waals surface area contributed by atoms with Crippen molar-refractivity contribution in [1.82, 2.24) is 20.3 Å². The molecule has 2 rings (SSSR count). The molecule has 1 heterocycles. The van der Waals surface area contributed by atoms with Gasteiger partial charge in [0.15, 0.2) is 16.7 Å². The van der Waals surface area contributed by atoms with Crippen molar-refractivity contribution in [2.24, 2.45) is 0 Å². The van der Waals surface area contributed by atoms with Gasteiger partial charge in [-0.2, -0.15) is 15.0 Å². The molecule has 0 radical (unpaired) electrons. The number of hydrogen-bond donors (Lipinski definition) is 3. The van der Waals surface area contributed by atoms with Gasteiger partial charge in [0.2, 0.25) is 17.8 Å². The minimum Gasteiger partial charge on any atom is -0.493 e. The lowest BCUT2D eigenvalue weighted by Gasteiger charge is -2.13. The van der Waals surface area contributed by atoms with Gasteiger partial charge in [-0.05, 0) is 24.6 Å². The predicted octanol–water partition coefficient (Wildman–Crippen LogP) is 0.850. The Kier molecular flexibility index (Phi) is 6.23. The Morgan fingerprint density at radius 1 is 1.16 bits per heavy atom. The first-order valence-corrected chi connectivity index (χ1v) is 8.23. The van der Waals surface area contributed by atoms with Crippen molar-refractivity contribution in [2.75, 3.05) is 25.7 Å². The number of aromatic nitrogens is 3. The molecule has 1 atom stereocenters. The number of rotatable bonds is 7. The Morgan fingerprint density at radius 2 is 1.80 bits per heavy atom. The largest absolute Gasteiger partial charge is 0.493 e. The number of benzene rings is 1. The highest BCUT2D eigenvalue weighted by molar-refractivity contribution is 8.00. The second-order valence-corrected chi connectivity index (χ2v) is 6.31. The molecule has 0 saturated carbocycles. The average Bonchev–Trinajstić information content (AvgIpc) is 2.58. The third-order valence-corrected chi connectivity index (χ3v) is 4.18. The minimum absolute atomic E-state index is 0.0212. The van der Waals surface area contributed by atoms with E-state index >= 15 is 0 Å². The zero-order valence-electron chi connectivity index (χ0n) is 14.1. The predicted molar refractivity (Wildman–Crippen MR) is 95.4 cm³/mol. The molecule has 1 aromatic carbocycles. The van der Waals surface area contributed by atoms with Crippen molar-refractivity contribution in [1.29, 1.82) is 0 Å². The molecule has 134 valence electrons. The number of nitrogens with zero attached hydrogens (tertiary/aromatic N) is 3. The highest BCUT2D eigenvalue weighted by Crippen LogP contribution is 2.27. The van der Waals surface area contributed by atoms with Crippen LogP contribution in [0.25, 0.3) is 0 Å². The Balaban J connectivity index is 1.95. The van der Waals surface area contributed by atoms with E-state index < -0.39 is 5.25 Å². The normalized spacial score (nSPS) is 11.6. The number of nitrogen functional groups attached to an aromatic ring is 2. The number of methoxy groups -OCH3 is 2. The summed E-state index contributed by atoms with van der Waals surface area (Å²) in [6.45, 7) is 2.09.